The molecule has 0 aliphatic heterocycles. The summed E-state index contributed by atoms with van der Waals surface area (Å²) in [5, 5.41) is 5.16. The Morgan fingerprint density at radius 1 is 1.13 bits per heavy atom. The van der Waals surface area contributed by atoms with Gasteiger partial charge >= 0.3 is 6.18 Å². The molecule has 1 N–H and O–H groups in total. The van der Waals surface area contributed by atoms with Crippen LogP contribution in [0.2, 0.25) is 0 Å². The van der Waals surface area contributed by atoms with Crippen LogP contribution in [0.1, 0.15) is 11.3 Å². The number of aromatic nitrogens is 3. The Labute approximate surface area is 163 Å². The van der Waals surface area contributed by atoms with Crippen molar-refractivity contribution >= 4 is 22.6 Å². The van der Waals surface area contributed by atoms with Crippen molar-refractivity contribution in [1.82, 2.24) is 14.8 Å². The molecule has 0 saturated carbocycles. The Balaban J connectivity index is 1.86. The number of halogens is 7. The zero-order chi connectivity index (χ0) is 22.4. The van der Waals surface area contributed by atoms with Crippen molar-refractivity contribution in [2.45, 2.75) is 13.1 Å². The minimum absolute atomic E-state index is 0.0511. The fourth-order valence-corrected chi connectivity index (χ4v) is 2.72. The summed E-state index contributed by atoms with van der Waals surface area (Å²) in [6.07, 6.45) is -4.79. The van der Waals surface area contributed by atoms with E-state index in [-0.39, 0.29) is 22.8 Å². The van der Waals surface area contributed by atoms with E-state index in [0.29, 0.717) is 6.07 Å². The molecule has 3 aromatic rings. The molecular formula is C17H11F7N4O2. The number of pyridine rings is 1. The van der Waals surface area contributed by atoms with Crippen LogP contribution >= 0.6 is 0 Å². The van der Waals surface area contributed by atoms with Crippen LogP contribution in [0.5, 0.6) is 5.88 Å². The van der Waals surface area contributed by atoms with Crippen molar-refractivity contribution in [2.24, 2.45) is 7.05 Å². The molecule has 0 saturated heterocycles. The highest BCUT2D eigenvalue weighted by molar-refractivity contribution is 5.92. The fourth-order valence-electron chi connectivity index (χ4n) is 2.72. The highest BCUT2D eigenvalue weighted by Crippen LogP contribution is 2.37. The van der Waals surface area contributed by atoms with Gasteiger partial charge in [-0.3, -0.25) is 9.48 Å². The third-order valence-electron chi connectivity index (χ3n) is 3.98. The van der Waals surface area contributed by atoms with Crippen molar-refractivity contribution in [1.29, 1.82) is 0 Å². The van der Waals surface area contributed by atoms with Crippen LogP contribution in [0, 0.1) is 30.2 Å². The second-order valence-electron chi connectivity index (χ2n) is 6.09. The molecule has 0 atom stereocenters. The van der Waals surface area contributed by atoms with E-state index in [2.05, 4.69) is 10.1 Å². The molecule has 2 heterocycles. The summed E-state index contributed by atoms with van der Waals surface area (Å²) in [7, 11) is 1.35. The second kappa shape index (κ2) is 7.46. The van der Waals surface area contributed by atoms with E-state index in [4.69, 9.17) is 4.74 Å². The standard InChI is InChI=1S/C17H11F7N4O2/c1-6-12-7(17(22,23)24)3-11(26-16(12)28(2)27-6)30-5-10(29)25-15-13(20)8(18)4-9(19)14(15)21/h3-4H,5H2,1-2H3,(H,25,29). The first-order chi connectivity index (χ1) is 13.9. The molecule has 0 radical (unpaired) electrons. The van der Waals surface area contributed by atoms with Gasteiger partial charge in [-0.15, -0.1) is 0 Å². The quantitative estimate of drug-likeness (QED) is 0.498. The molecule has 1 aromatic carbocycles. The summed E-state index contributed by atoms with van der Waals surface area (Å²) >= 11 is 0. The first kappa shape index (κ1) is 21.3. The third kappa shape index (κ3) is 3.86. The van der Waals surface area contributed by atoms with E-state index in [9.17, 15) is 35.5 Å². The number of carbonyl (C=O) groups is 1. The first-order valence-corrected chi connectivity index (χ1v) is 8.07. The number of nitrogens with one attached hydrogen (secondary N) is 1. The predicted octanol–water partition coefficient (Wildman–Crippen LogP) is 3.87. The fraction of sp³-hybridized carbons (Fsp3) is 0.235. The van der Waals surface area contributed by atoms with Crippen molar-refractivity contribution in [3.63, 3.8) is 0 Å². The lowest BCUT2D eigenvalue weighted by Gasteiger charge is -2.12. The van der Waals surface area contributed by atoms with E-state index in [1.54, 1.807) is 5.32 Å². The number of aryl methyl sites for hydroxylation is 2. The number of hydrogen-bond acceptors (Lipinski definition) is 4. The Hall–Kier alpha value is -3.38. The molecule has 0 aliphatic carbocycles. The average Bonchev–Trinajstić information content (AvgIpc) is 2.94. The summed E-state index contributed by atoms with van der Waals surface area (Å²) in [5.41, 5.74) is -2.63. The number of hydrogen-bond donors (Lipinski definition) is 1. The lowest BCUT2D eigenvalue weighted by molar-refractivity contribution is -0.136. The van der Waals surface area contributed by atoms with Crippen LogP contribution in [0.15, 0.2) is 12.1 Å². The topological polar surface area (TPSA) is 69.0 Å². The van der Waals surface area contributed by atoms with E-state index < -0.39 is 59.1 Å². The number of amides is 1. The number of fused-ring (bicyclic) bond motifs is 1. The third-order valence-corrected chi connectivity index (χ3v) is 3.98. The van der Waals surface area contributed by atoms with Gasteiger partial charge in [0.05, 0.1) is 16.6 Å². The van der Waals surface area contributed by atoms with Crippen molar-refractivity contribution in [2.75, 3.05) is 11.9 Å². The monoisotopic (exact) mass is 436 g/mol. The normalized spacial score (nSPS) is 11.8. The van der Waals surface area contributed by atoms with Crippen molar-refractivity contribution in [3.8, 4) is 5.88 Å². The molecule has 3 rings (SSSR count). The molecule has 0 fully saturated rings. The maximum Gasteiger partial charge on any atom is 0.417 e. The van der Waals surface area contributed by atoms with E-state index in [1.165, 1.54) is 14.0 Å². The van der Waals surface area contributed by atoms with Crippen LogP contribution in [0.4, 0.5) is 36.4 Å². The van der Waals surface area contributed by atoms with Crippen molar-refractivity contribution < 1.29 is 40.3 Å². The number of nitrogens with zero attached hydrogens (tertiary/aromatic N) is 3. The number of carbonyl (C=O) groups excluding carboxylic acids is 1. The number of benzene rings is 1. The molecule has 160 valence electrons. The van der Waals surface area contributed by atoms with Gasteiger partial charge in [-0.05, 0) is 6.92 Å². The van der Waals surface area contributed by atoms with Gasteiger partial charge in [-0.1, -0.05) is 0 Å². The van der Waals surface area contributed by atoms with Crippen LogP contribution < -0.4 is 10.1 Å². The molecule has 0 unspecified atom stereocenters. The minimum Gasteiger partial charge on any atom is -0.467 e. The SMILES string of the molecule is Cc1nn(C)c2nc(OCC(=O)Nc3c(F)c(F)cc(F)c3F)cc(C(F)(F)F)c12. The first-order valence-electron chi connectivity index (χ1n) is 8.07. The number of rotatable bonds is 4. The number of alkyl halides is 3. The number of ether oxygens (including phenoxy) is 1. The van der Waals surface area contributed by atoms with Crippen LogP contribution in [0.3, 0.4) is 0 Å². The Kier molecular flexibility index (Phi) is 5.31. The summed E-state index contributed by atoms with van der Waals surface area (Å²) in [5.74, 6) is -9.14. The molecule has 1 amide bonds. The molecular weight excluding hydrogens is 425 g/mol. The summed E-state index contributed by atoms with van der Waals surface area (Å²) in [6, 6.07) is 0.484. The highest BCUT2D eigenvalue weighted by Gasteiger charge is 2.35. The molecule has 0 bridgehead atoms. The number of anilines is 1. The van der Waals surface area contributed by atoms with E-state index >= 15 is 0 Å². The van der Waals surface area contributed by atoms with Gasteiger partial charge in [0.2, 0.25) is 5.88 Å². The van der Waals surface area contributed by atoms with E-state index in [0.717, 1.165) is 4.68 Å². The van der Waals surface area contributed by atoms with Gasteiger partial charge < -0.3 is 10.1 Å². The van der Waals surface area contributed by atoms with Gasteiger partial charge in [-0.2, -0.15) is 23.3 Å². The molecule has 6 nitrogen and oxygen atoms in total. The van der Waals surface area contributed by atoms with Gasteiger partial charge in [0, 0.05) is 19.2 Å². The van der Waals surface area contributed by atoms with Crippen molar-refractivity contribution in [3.05, 3.63) is 46.7 Å². The smallest absolute Gasteiger partial charge is 0.417 e. The summed E-state index contributed by atoms with van der Waals surface area (Å²) < 4.78 is 99.6. The molecule has 0 aliphatic rings. The zero-order valence-electron chi connectivity index (χ0n) is 15.2. The van der Waals surface area contributed by atoms with Crippen LogP contribution in [-0.4, -0.2) is 27.3 Å². The van der Waals surface area contributed by atoms with Crippen LogP contribution in [-0.2, 0) is 18.0 Å². The van der Waals surface area contributed by atoms with Gasteiger partial charge in [0.15, 0.2) is 35.5 Å². The molecule has 2 aromatic heterocycles. The predicted molar refractivity (Wildman–Crippen MR) is 88.6 cm³/mol. The molecule has 0 spiro atoms. The lowest BCUT2D eigenvalue weighted by atomic mass is 10.1. The largest absolute Gasteiger partial charge is 0.467 e. The maximum atomic E-state index is 13.6. The maximum absolute atomic E-state index is 13.6. The average molecular weight is 436 g/mol. The van der Waals surface area contributed by atoms with Gasteiger partial charge in [-0.25, -0.2) is 17.6 Å². The Morgan fingerprint density at radius 2 is 1.73 bits per heavy atom. The van der Waals surface area contributed by atoms with Gasteiger partial charge in [0.1, 0.15) is 5.69 Å². The lowest BCUT2D eigenvalue weighted by Crippen LogP contribution is -2.22. The second-order valence-corrected chi connectivity index (χ2v) is 6.09. The Bertz CT molecular complexity index is 1130. The minimum atomic E-state index is -4.79. The van der Waals surface area contributed by atoms with Gasteiger partial charge in [0.25, 0.3) is 5.91 Å². The van der Waals surface area contributed by atoms with E-state index in [1.807, 2.05) is 0 Å². The highest BCUT2D eigenvalue weighted by atomic mass is 19.4. The van der Waals surface area contributed by atoms with Crippen LogP contribution in [0.25, 0.3) is 11.0 Å². The summed E-state index contributed by atoms with van der Waals surface area (Å²) in [6.45, 7) is 0.304. The molecule has 13 heteroatoms. The zero-order valence-corrected chi connectivity index (χ0v) is 15.2. The molecule has 30 heavy (non-hydrogen) atoms. The summed E-state index contributed by atoms with van der Waals surface area (Å²) in [4.78, 5) is 15.7. The Morgan fingerprint density at radius 3 is 2.30 bits per heavy atom.